The Bertz CT molecular complexity index is 323. The fourth-order valence-corrected chi connectivity index (χ4v) is 1.64. The normalized spacial score (nSPS) is 14.8. The SMILES string of the molecule is O=CNc1ccc2c(c1)CCNC2. The Kier molecular flexibility index (Phi) is 2.27. The zero-order valence-corrected chi connectivity index (χ0v) is 7.34. The molecular weight excluding hydrogens is 164 g/mol. The molecule has 13 heavy (non-hydrogen) atoms. The zero-order chi connectivity index (χ0) is 9.10. The lowest BCUT2D eigenvalue weighted by Crippen LogP contribution is -2.23. The number of nitrogens with one attached hydrogen (secondary N) is 2. The van der Waals surface area contributed by atoms with E-state index in [1.165, 1.54) is 11.1 Å². The van der Waals surface area contributed by atoms with Crippen molar-refractivity contribution >= 4 is 12.1 Å². The second-order valence-electron chi connectivity index (χ2n) is 3.17. The highest BCUT2D eigenvalue weighted by Crippen LogP contribution is 2.18. The first-order valence-electron chi connectivity index (χ1n) is 4.43. The average molecular weight is 176 g/mol. The summed E-state index contributed by atoms with van der Waals surface area (Å²) in [6.45, 7) is 1.97. The van der Waals surface area contributed by atoms with Crippen LogP contribution in [0, 0.1) is 0 Å². The minimum atomic E-state index is 0.711. The second kappa shape index (κ2) is 3.58. The first kappa shape index (κ1) is 8.26. The molecule has 1 aliphatic heterocycles. The van der Waals surface area contributed by atoms with Gasteiger partial charge in [-0.3, -0.25) is 4.79 Å². The van der Waals surface area contributed by atoms with Crippen molar-refractivity contribution in [2.45, 2.75) is 13.0 Å². The molecular formula is C10H12N2O. The number of fused-ring (bicyclic) bond motifs is 1. The first-order valence-corrected chi connectivity index (χ1v) is 4.43. The Morgan fingerprint density at radius 1 is 1.38 bits per heavy atom. The number of anilines is 1. The molecule has 1 aromatic rings. The van der Waals surface area contributed by atoms with Crippen LogP contribution in [0.2, 0.25) is 0 Å². The smallest absolute Gasteiger partial charge is 0.211 e. The predicted molar refractivity (Wildman–Crippen MR) is 51.5 cm³/mol. The molecule has 1 aliphatic rings. The molecule has 0 saturated carbocycles. The minimum Gasteiger partial charge on any atom is -0.329 e. The number of hydrogen-bond acceptors (Lipinski definition) is 2. The van der Waals surface area contributed by atoms with Gasteiger partial charge < -0.3 is 10.6 Å². The van der Waals surface area contributed by atoms with E-state index in [9.17, 15) is 4.79 Å². The van der Waals surface area contributed by atoms with E-state index in [1.807, 2.05) is 12.1 Å². The van der Waals surface area contributed by atoms with Gasteiger partial charge in [0.05, 0.1) is 0 Å². The highest BCUT2D eigenvalue weighted by atomic mass is 16.1. The lowest BCUT2D eigenvalue weighted by molar-refractivity contribution is -0.105. The van der Waals surface area contributed by atoms with E-state index in [4.69, 9.17) is 0 Å². The second-order valence-corrected chi connectivity index (χ2v) is 3.17. The van der Waals surface area contributed by atoms with Crippen LogP contribution in [0.25, 0.3) is 0 Å². The summed E-state index contributed by atoms with van der Waals surface area (Å²) >= 11 is 0. The third-order valence-electron chi connectivity index (χ3n) is 2.32. The van der Waals surface area contributed by atoms with Gasteiger partial charge in [0.1, 0.15) is 0 Å². The van der Waals surface area contributed by atoms with Gasteiger partial charge >= 0.3 is 0 Å². The van der Waals surface area contributed by atoms with Crippen LogP contribution in [0.4, 0.5) is 5.69 Å². The van der Waals surface area contributed by atoms with Gasteiger partial charge in [-0.25, -0.2) is 0 Å². The number of carbonyl (C=O) groups excluding carboxylic acids is 1. The summed E-state index contributed by atoms with van der Waals surface area (Å²) < 4.78 is 0. The summed E-state index contributed by atoms with van der Waals surface area (Å²) in [7, 11) is 0. The summed E-state index contributed by atoms with van der Waals surface area (Å²) in [6, 6.07) is 6.04. The maximum absolute atomic E-state index is 10.2. The Morgan fingerprint density at radius 3 is 3.15 bits per heavy atom. The van der Waals surface area contributed by atoms with Crippen molar-refractivity contribution < 1.29 is 4.79 Å². The van der Waals surface area contributed by atoms with Gasteiger partial charge in [0.25, 0.3) is 0 Å². The molecule has 0 saturated heterocycles. The van der Waals surface area contributed by atoms with E-state index in [-0.39, 0.29) is 0 Å². The summed E-state index contributed by atoms with van der Waals surface area (Å²) in [6.07, 6.45) is 1.76. The molecule has 0 spiro atoms. The van der Waals surface area contributed by atoms with E-state index in [1.54, 1.807) is 0 Å². The van der Waals surface area contributed by atoms with Crippen LogP contribution in [0.15, 0.2) is 18.2 Å². The molecule has 0 radical (unpaired) electrons. The number of amides is 1. The van der Waals surface area contributed by atoms with Crippen molar-refractivity contribution in [3.05, 3.63) is 29.3 Å². The fourth-order valence-electron chi connectivity index (χ4n) is 1.64. The average Bonchev–Trinajstić information content (AvgIpc) is 2.18. The van der Waals surface area contributed by atoms with Gasteiger partial charge in [-0.2, -0.15) is 0 Å². The van der Waals surface area contributed by atoms with Crippen molar-refractivity contribution in [1.82, 2.24) is 5.32 Å². The van der Waals surface area contributed by atoms with E-state index in [0.29, 0.717) is 6.41 Å². The van der Waals surface area contributed by atoms with E-state index in [2.05, 4.69) is 16.7 Å². The Hall–Kier alpha value is -1.35. The quantitative estimate of drug-likeness (QED) is 0.657. The lowest BCUT2D eigenvalue weighted by atomic mass is 10.0. The maximum Gasteiger partial charge on any atom is 0.211 e. The highest BCUT2D eigenvalue weighted by molar-refractivity contribution is 5.71. The van der Waals surface area contributed by atoms with Crippen molar-refractivity contribution in [2.24, 2.45) is 0 Å². The standard InChI is InChI=1S/C10H12N2O/c13-7-12-10-2-1-9-6-11-4-3-8(9)5-10/h1-2,5,7,11H,3-4,6H2,(H,12,13). The van der Waals surface area contributed by atoms with Crippen LogP contribution in [0.1, 0.15) is 11.1 Å². The van der Waals surface area contributed by atoms with E-state index in [0.717, 1.165) is 25.2 Å². The van der Waals surface area contributed by atoms with Gasteiger partial charge in [0, 0.05) is 12.2 Å². The fraction of sp³-hybridized carbons (Fsp3) is 0.300. The largest absolute Gasteiger partial charge is 0.329 e. The molecule has 2 N–H and O–H groups in total. The number of carbonyl (C=O) groups is 1. The van der Waals surface area contributed by atoms with Crippen molar-refractivity contribution in [1.29, 1.82) is 0 Å². The van der Waals surface area contributed by atoms with Crippen LogP contribution in [-0.4, -0.2) is 13.0 Å². The summed E-state index contributed by atoms with van der Waals surface area (Å²) in [4.78, 5) is 10.2. The van der Waals surface area contributed by atoms with Crippen molar-refractivity contribution in [3.8, 4) is 0 Å². The molecule has 68 valence electrons. The van der Waals surface area contributed by atoms with Crippen molar-refractivity contribution in [3.63, 3.8) is 0 Å². The molecule has 3 heteroatoms. The first-order chi connectivity index (χ1) is 6.40. The topological polar surface area (TPSA) is 41.1 Å². The molecule has 1 amide bonds. The zero-order valence-electron chi connectivity index (χ0n) is 7.34. The van der Waals surface area contributed by atoms with Gasteiger partial charge in [0.2, 0.25) is 6.41 Å². The maximum atomic E-state index is 10.2. The molecule has 2 rings (SSSR count). The Labute approximate surface area is 77.1 Å². The van der Waals surface area contributed by atoms with Gasteiger partial charge in [-0.1, -0.05) is 6.07 Å². The van der Waals surface area contributed by atoms with Crippen molar-refractivity contribution in [2.75, 3.05) is 11.9 Å². The van der Waals surface area contributed by atoms with Crippen LogP contribution in [0.5, 0.6) is 0 Å². The number of benzene rings is 1. The molecule has 0 aromatic heterocycles. The summed E-state index contributed by atoms with van der Waals surface area (Å²) in [5.41, 5.74) is 3.56. The van der Waals surface area contributed by atoms with Crippen LogP contribution >= 0.6 is 0 Å². The van der Waals surface area contributed by atoms with Crippen LogP contribution in [-0.2, 0) is 17.8 Å². The summed E-state index contributed by atoms with van der Waals surface area (Å²) in [5, 5.41) is 5.96. The third-order valence-corrected chi connectivity index (χ3v) is 2.32. The lowest BCUT2D eigenvalue weighted by Gasteiger charge is -2.17. The molecule has 3 nitrogen and oxygen atoms in total. The number of rotatable bonds is 2. The van der Waals surface area contributed by atoms with Crippen LogP contribution < -0.4 is 10.6 Å². The molecule has 0 fully saturated rings. The van der Waals surface area contributed by atoms with E-state index >= 15 is 0 Å². The highest BCUT2D eigenvalue weighted by Gasteiger charge is 2.07. The van der Waals surface area contributed by atoms with Gasteiger partial charge in [-0.05, 0) is 36.2 Å². The molecule has 0 unspecified atom stereocenters. The predicted octanol–water partition coefficient (Wildman–Crippen LogP) is 0.901. The summed E-state index contributed by atoms with van der Waals surface area (Å²) in [5.74, 6) is 0. The Morgan fingerprint density at radius 2 is 2.31 bits per heavy atom. The molecule has 1 heterocycles. The molecule has 0 aliphatic carbocycles. The Balaban J connectivity index is 2.29. The monoisotopic (exact) mass is 176 g/mol. The van der Waals surface area contributed by atoms with Gasteiger partial charge in [-0.15, -0.1) is 0 Å². The van der Waals surface area contributed by atoms with E-state index < -0.39 is 0 Å². The molecule has 0 atom stereocenters. The third kappa shape index (κ3) is 1.70. The van der Waals surface area contributed by atoms with Gasteiger partial charge in [0.15, 0.2) is 0 Å². The van der Waals surface area contributed by atoms with Crippen LogP contribution in [0.3, 0.4) is 0 Å². The number of hydrogen-bond donors (Lipinski definition) is 2. The molecule has 0 bridgehead atoms. The molecule has 1 aromatic carbocycles. The minimum absolute atomic E-state index is 0.711.